The maximum absolute atomic E-state index is 11.0. The molecule has 1 aromatic carbocycles. The SMILES string of the molecule is CCOc1cc(NCC2(N(C)C)CCC2)ccc1[N+](=O)[O-]. The van der Waals surface area contributed by atoms with E-state index in [1.54, 1.807) is 12.1 Å². The van der Waals surface area contributed by atoms with Crippen LogP contribution in [-0.2, 0) is 0 Å². The highest BCUT2D eigenvalue weighted by atomic mass is 16.6. The molecule has 0 aliphatic heterocycles. The fourth-order valence-corrected chi connectivity index (χ4v) is 2.68. The van der Waals surface area contributed by atoms with E-state index in [0.29, 0.717) is 12.4 Å². The summed E-state index contributed by atoms with van der Waals surface area (Å²) in [4.78, 5) is 12.8. The Hall–Kier alpha value is -1.82. The molecule has 0 spiro atoms. The summed E-state index contributed by atoms with van der Waals surface area (Å²) in [6.45, 7) is 3.06. The number of rotatable bonds is 7. The summed E-state index contributed by atoms with van der Waals surface area (Å²) in [5, 5.41) is 14.4. The molecule has 2 rings (SSSR count). The van der Waals surface area contributed by atoms with Gasteiger partial charge in [-0.3, -0.25) is 10.1 Å². The summed E-state index contributed by atoms with van der Waals surface area (Å²) in [7, 11) is 4.20. The van der Waals surface area contributed by atoms with Gasteiger partial charge >= 0.3 is 5.69 Å². The molecule has 1 aromatic rings. The zero-order valence-corrected chi connectivity index (χ0v) is 12.9. The van der Waals surface area contributed by atoms with E-state index in [0.717, 1.165) is 12.2 Å². The standard InChI is InChI=1S/C15H23N3O3/c1-4-21-14-10-12(6-7-13(14)18(19)20)16-11-15(17(2)3)8-5-9-15/h6-7,10,16H,4-5,8-9,11H2,1-3H3. The topological polar surface area (TPSA) is 67.6 Å². The minimum absolute atomic E-state index is 0.00775. The smallest absolute Gasteiger partial charge is 0.311 e. The Bertz CT molecular complexity index is 513. The number of anilines is 1. The number of nitrogens with one attached hydrogen (secondary N) is 1. The van der Waals surface area contributed by atoms with Gasteiger partial charge in [0, 0.05) is 29.9 Å². The van der Waals surface area contributed by atoms with Crippen LogP contribution in [0.15, 0.2) is 18.2 Å². The Morgan fingerprint density at radius 2 is 2.14 bits per heavy atom. The molecule has 0 unspecified atom stereocenters. The minimum atomic E-state index is -0.415. The van der Waals surface area contributed by atoms with Crippen LogP contribution in [0.25, 0.3) is 0 Å². The number of hydrogen-bond donors (Lipinski definition) is 1. The summed E-state index contributed by atoms with van der Waals surface area (Å²) in [5.41, 5.74) is 1.07. The Labute approximate surface area is 125 Å². The predicted molar refractivity (Wildman–Crippen MR) is 83.0 cm³/mol. The van der Waals surface area contributed by atoms with Gasteiger partial charge in [0.25, 0.3) is 0 Å². The molecule has 0 aromatic heterocycles. The van der Waals surface area contributed by atoms with Crippen LogP contribution in [0.1, 0.15) is 26.2 Å². The first-order valence-corrected chi connectivity index (χ1v) is 7.31. The van der Waals surface area contributed by atoms with Gasteiger partial charge in [-0.2, -0.15) is 0 Å². The lowest BCUT2D eigenvalue weighted by molar-refractivity contribution is -0.385. The van der Waals surface area contributed by atoms with E-state index in [9.17, 15) is 10.1 Å². The molecule has 116 valence electrons. The molecule has 1 aliphatic carbocycles. The monoisotopic (exact) mass is 293 g/mol. The summed E-state index contributed by atoms with van der Waals surface area (Å²) < 4.78 is 5.37. The Balaban J connectivity index is 2.10. The molecular formula is C15H23N3O3. The van der Waals surface area contributed by atoms with Crippen molar-refractivity contribution in [1.82, 2.24) is 4.90 Å². The molecule has 0 heterocycles. The van der Waals surface area contributed by atoms with Crippen molar-refractivity contribution in [3.05, 3.63) is 28.3 Å². The number of likely N-dealkylation sites (N-methyl/N-ethyl adjacent to an activating group) is 1. The second kappa shape index (κ2) is 6.30. The molecule has 1 fully saturated rings. The van der Waals surface area contributed by atoms with Crippen molar-refractivity contribution >= 4 is 11.4 Å². The van der Waals surface area contributed by atoms with Crippen LogP contribution in [-0.4, -0.2) is 42.6 Å². The van der Waals surface area contributed by atoms with Crippen molar-refractivity contribution in [3.8, 4) is 5.75 Å². The zero-order valence-electron chi connectivity index (χ0n) is 12.9. The quantitative estimate of drug-likeness (QED) is 0.618. The largest absolute Gasteiger partial charge is 0.487 e. The van der Waals surface area contributed by atoms with Crippen LogP contribution in [0.2, 0.25) is 0 Å². The highest BCUT2D eigenvalue weighted by Crippen LogP contribution is 2.37. The van der Waals surface area contributed by atoms with Crippen LogP contribution in [0, 0.1) is 10.1 Å². The van der Waals surface area contributed by atoms with Crippen LogP contribution in [0.4, 0.5) is 11.4 Å². The van der Waals surface area contributed by atoms with Crippen LogP contribution < -0.4 is 10.1 Å². The highest BCUT2D eigenvalue weighted by molar-refractivity contribution is 5.58. The van der Waals surface area contributed by atoms with E-state index in [4.69, 9.17) is 4.74 Å². The number of hydrogen-bond acceptors (Lipinski definition) is 5. The molecule has 0 radical (unpaired) electrons. The fraction of sp³-hybridized carbons (Fsp3) is 0.600. The molecule has 0 bridgehead atoms. The van der Waals surface area contributed by atoms with Crippen molar-refractivity contribution in [1.29, 1.82) is 0 Å². The van der Waals surface area contributed by atoms with Crippen LogP contribution >= 0.6 is 0 Å². The molecule has 1 aliphatic rings. The van der Waals surface area contributed by atoms with E-state index in [2.05, 4.69) is 24.3 Å². The van der Waals surface area contributed by atoms with Crippen molar-refractivity contribution in [2.75, 3.05) is 32.6 Å². The molecule has 6 nitrogen and oxygen atoms in total. The van der Waals surface area contributed by atoms with E-state index in [-0.39, 0.29) is 11.2 Å². The third-order valence-electron chi connectivity index (χ3n) is 4.31. The molecule has 0 atom stereocenters. The third-order valence-corrected chi connectivity index (χ3v) is 4.31. The van der Waals surface area contributed by atoms with Gasteiger partial charge < -0.3 is 15.0 Å². The van der Waals surface area contributed by atoms with E-state index in [1.165, 1.54) is 25.3 Å². The first kappa shape index (κ1) is 15.6. The number of ether oxygens (including phenoxy) is 1. The number of benzene rings is 1. The van der Waals surface area contributed by atoms with Gasteiger partial charge in [-0.15, -0.1) is 0 Å². The van der Waals surface area contributed by atoms with Gasteiger partial charge in [-0.05, 0) is 46.3 Å². The number of nitrogens with zero attached hydrogens (tertiary/aromatic N) is 2. The summed E-state index contributed by atoms with van der Waals surface area (Å²) in [6.07, 6.45) is 3.61. The van der Waals surface area contributed by atoms with E-state index >= 15 is 0 Å². The van der Waals surface area contributed by atoms with Crippen molar-refractivity contribution < 1.29 is 9.66 Å². The molecule has 1 saturated carbocycles. The molecular weight excluding hydrogens is 270 g/mol. The summed E-state index contributed by atoms with van der Waals surface area (Å²) >= 11 is 0. The molecule has 0 saturated heterocycles. The Morgan fingerprint density at radius 3 is 2.62 bits per heavy atom. The molecule has 1 N–H and O–H groups in total. The van der Waals surface area contributed by atoms with Crippen LogP contribution in [0.5, 0.6) is 5.75 Å². The maximum atomic E-state index is 11.0. The average Bonchev–Trinajstić information content (AvgIpc) is 2.37. The number of nitro benzene ring substituents is 1. The van der Waals surface area contributed by atoms with Gasteiger partial charge in [0.15, 0.2) is 5.75 Å². The maximum Gasteiger partial charge on any atom is 0.311 e. The van der Waals surface area contributed by atoms with Gasteiger partial charge in [0.2, 0.25) is 0 Å². The summed E-state index contributed by atoms with van der Waals surface area (Å²) in [5.74, 6) is 0.319. The van der Waals surface area contributed by atoms with Gasteiger partial charge in [-0.25, -0.2) is 0 Å². The lowest BCUT2D eigenvalue weighted by atomic mass is 9.75. The van der Waals surface area contributed by atoms with E-state index in [1.807, 2.05) is 6.92 Å². The molecule has 21 heavy (non-hydrogen) atoms. The van der Waals surface area contributed by atoms with Crippen molar-refractivity contribution in [2.24, 2.45) is 0 Å². The molecule has 6 heteroatoms. The highest BCUT2D eigenvalue weighted by Gasteiger charge is 2.38. The Morgan fingerprint density at radius 1 is 1.43 bits per heavy atom. The summed E-state index contributed by atoms with van der Waals surface area (Å²) in [6, 6.07) is 4.95. The Kier molecular flexibility index (Phi) is 4.67. The van der Waals surface area contributed by atoms with Crippen molar-refractivity contribution in [3.63, 3.8) is 0 Å². The minimum Gasteiger partial charge on any atom is -0.487 e. The first-order chi connectivity index (χ1) is 9.98. The van der Waals surface area contributed by atoms with E-state index < -0.39 is 4.92 Å². The lowest BCUT2D eigenvalue weighted by Gasteiger charge is -2.47. The second-order valence-electron chi connectivity index (χ2n) is 5.70. The fourth-order valence-electron chi connectivity index (χ4n) is 2.68. The lowest BCUT2D eigenvalue weighted by Crippen LogP contribution is -2.54. The normalized spacial score (nSPS) is 16.4. The van der Waals surface area contributed by atoms with Crippen LogP contribution in [0.3, 0.4) is 0 Å². The van der Waals surface area contributed by atoms with Gasteiger partial charge in [0.05, 0.1) is 11.5 Å². The van der Waals surface area contributed by atoms with Gasteiger partial charge in [-0.1, -0.05) is 0 Å². The second-order valence-corrected chi connectivity index (χ2v) is 5.70. The zero-order chi connectivity index (χ0) is 15.5. The third kappa shape index (κ3) is 3.26. The predicted octanol–water partition coefficient (Wildman–Crippen LogP) is 2.89. The molecule has 0 amide bonds. The number of nitro groups is 1. The average molecular weight is 293 g/mol. The van der Waals surface area contributed by atoms with Crippen molar-refractivity contribution in [2.45, 2.75) is 31.7 Å². The first-order valence-electron chi connectivity index (χ1n) is 7.31. The van der Waals surface area contributed by atoms with Gasteiger partial charge in [0.1, 0.15) is 0 Å².